The maximum Gasteiger partial charge on any atom is 0.328 e. The van der Waals surface area contributed by atoms with Crippen LogP contribution in [-0.4, -0.2) is 89.3 Å². The summed E-state index contributed by atoms with van der Waals surface area (Å²) in [4.78, 5) is 73.2. The Labute approximate surface area is 330 Å². The smallest absolute Gasteiger partial charge is 0.328 e. The minimum atomic E-state index is -1.46. The summed E-state index contributed by atoms with van der Waals surface area (Å²) in [5.74, 6) is -3.71. The minimum absolute atomic E-state index is 0.0259. The van der Waals surface area contributed by atoms with E-state index in [0.717, 1.165) is 43.2 Å². The molecular formula is C41H49N3O13. The molecule has 0 radical (unpaired) electrons. The van der Waals surface area contributed by atoms with Crippen molar-refractivity contribution in [1.29, 1.82) is 0 Å². The van der Waals surface area contributed by atoms with E-state index in [9.17, 15) is 28.8 Å². The van der Waals surface area contributed by atoms with E-state index >= 15 is 0 Å². The molecule has 57 heavy (non-hydrogen) atoms. The van der Waals surface area contributed by atoms with Gasteiger partial charge in [-0.15, -0.1) is 5.10 Å². The van der Waals surface area contributed by atoms with E-state index in [-0.39, 0.29) is 30.7 Å². The van der Waals surface area contributed by atoms with Gasteiger partial charge >= 0.3 is 29.8 Å². The molecule has 1 aliphatic heterocycles. The van der Waals surface area contributed by atoms with Crippen LogP contribution in [0, 0.1) is 0 Å². The SMILES string of the molecule is CC(=O)OC[C@H]1O[C@@H](Oc2n[nH]c(C(C)C)c2Cc2ccc(C=CCC(=O)N[C@@H](C)C(=O)OCc3ccccc3)cc2)[C@H](OC(C)=O)[C@@H](OC(C)=O)[C@@H]1OC(C)=O. The molecule has 1 amide bonds. The van der Waals surface area contributed by atoms with Gasteiger partial charge in [-0.2, -0.15) is 0 Å². The number of esters is 5. The average molecular weight is 792 g/mol. The van der Waals surface area contributed by atoms with Crippen molar-refractivity contribution < 1.29 is 61.9 Å². The van der Waals surface area contributed by atoms with Crippen LogP contribution < -0.4 is 10.1 Å². The van der Waals surface area contributed by atoms with Gasteiger partial charge in [0.1, 0.15) is 25.4 Å². The Morgan fingerprint density at radius 2 is 1.42 bits per heavy atom. The third kappa shape index (κ3) is 13.3. The van der Waals surface area contributed by atoms with Crippen LogP contribution in [0.4, 0.5) is 0 Å². The third-order valence-electron chi connectivity index (χ3n) is 8.54. The molecule has 2 heterocycles. The zero-order valence-corrected chi connectivity index (χ0v) is 33.0. The van der Waals surface area contributed by atoms with E-state index < -0.39 is 73.2 Å². The van der Waals surface area contributed by atoms with E-state index in [1.165, 1.54) is 6.92 Å². The molecule has 306 valence electrons. The van der Waals surface area contributed by atoms with Crippen LogP contribution in [0.1, 0.15) is 88.8 Å². The molecule has 2 N–H and O–H groups in total. The van der Waals surface area contributed by atoms with Gasteiger partial charge in [-0.3, -0.25) is 29.1 Å². The summed E-state index contributed by atoms with van der Waals surface area (Å²) in [5, 5.41) is 10.1. The second-order valence-electron chi connectivity index (χ2n) is 13.7. The third-order valence-corrected chi connectivity index (χ3v) is 8.54. The van der Waals surface area contributed by atoms with Gasteiger partial charge in [0.15, 0.2) is 12.2 Å². The molecule has 0 saturated carbocycles. The van der Waals surface area contributed by atoms with Crippen molar-refractivity contribution in [3.8, 4) is 5.88 Å². The number of nitrogens with one attached hydrogen (secondary N) is 2. The maximum atomic E-state index is 12.5. The van der Waals surface area contributed by atoms with Crippen LogP contribution >= 0.6 is 0 Å². The number of nitrogens with zero attached hydrogens (tertiary/aromatic N) is 1. The molecule has 16 heteroatoms. The lowest BCUT2D eigenvalue weighted by molar-refractivity contribution is -0.289. The number of aromatic nitrogens is 2. The second-order valence-corrected chi connectivity index (χ2v) is 13.7. The second kappa shape index (κ2) is 20.8. The van der Waals surface area contributed by atoms with Gasteiger partial charge in [0.2, 0.25) is 24.2 Å². The Kier molecular flexibility index (Phi) is 15.9. The highest BCUT2D eigenvalue weighted by atomic mass is 16.7. The Morgan fingerprint density at radius 1 is 0.789 bits per heavy atom. The quantitative estimate of drug-likeness (QED) is 0.145. The fraction of sp³-hybridized carbons (Fsp3) is 0.439. The van der Waals surface area contributed by atoms with Gasteiger partial charge in [-0.1, -0.05) is 80.6 Å². The molecule has 1 fully saturated rings. The van der Waals surface area contributed by atoms with Gasteiger partial charge in [-0.05, 0) is 29.5 Å². The molecule has 6 atom stereocenters. The molecule has 1 aliphatic rings. The summed E-state index contributed by atoms with van der Waals surface area (Å²) >= 11 is 0. The molecule has 3 aromatic rings. The molecule has 0 unspecified atom stereocenters. The number of carbonyl (C=O) groups is 6. The monoisotopic (exact) mass is 791 g/mol. The van der Waals surface area contributed by atoms with E-state index in [1.54, 1.807) is 19.1 Å². The zero-order valence-electron chi connectivity index (χ0n) is 33.0. The molecule has 16 nitrogen and oxygen atoms in total. The standard InChI is InChI=1S/C41H49N3O13/c1-23(2)35-32(20-30-18-16-29(17-19-30)14-11-15-34(49)42-24(3)40(50)52-21-31-12-9-8-10-13-31)39(44-43-35)57-41-38(55-28(7)48)37(54-27(6)47)36(53-26(5)46)33(56-41)22-51-25(4)45/h8-14,16-19,23-24,33,36-38,41H,15,20-22H2,1-7H3,(H,42,49)(H,43,44)/t24-,33+,36+,37-,38+,41-/m0/s1. The molecule has 1 aromatic heterocycles. The Bertz CT molecular complexity index is 1890. The van der Waals surface area contributed by atoms with Crippen molar-refractivity contribution in [1.82, 2.24) is 15.5 Å². The lowest BCUT2D eigenvalue weighted by Gasteiger charge is -2.43. The number of amides is 1. The van der Waals surface area contributed by atoms with Crippen LogP contribution in [0.15, 0.2) is 60.7 Å². The molecule has 0 spiro atoms. The Balaban J connectivity index is 1.47. The van der Waals surface area contributed by atoms with Crippen LogP contribution in [-0.2, 0) is 70.2 Å². The lowest BCUT2D eigenvalue weighted by Crippen LogP contribution is -2.63. The number of aromatic amines is 1. The fourth-order valence-electron chi connectivity index (χ4n) is 5.97. The van der Waals surface area contributed by atoms with Crippen LogP contribution in [0.25, 0.3) is 6.08 Å². The highest BCUT2D eigenvalue weighted by Gasteiger charge is 2.53. The maximum absolute atomic E-state index is 12.5. The summed E-state index contributed by atoms with van der Waals surface area (Å²) in [6, 6.07) is 16.0. The predicted octanol–water partition coefficient (Wildman–Crippen LogP) is 4.24. The normalized spacial score (nSPS) is 19.6. The number of ether oxygens (including phenoxy) is 7. The number of rotatable bonds is 17. The number of H-pyrrole nitrogens is 1. The first-order valence-corrected chi connectivity index (χ1v) is 18.4. The first kappa shape index (κ1) is 43.7. The van der Waals surface area contributed by atoms with Crippen molar-refractivity contribution in [3.05, 3.63) is 88.6 Å². The summed E-state index contributed by atoms with van der Waals surface area (Å²) in [6.07, 6.45) is -2.95. The van der Waals surface area contributed by atoms with Crippen molar-refractivity contribution >= 4 is 41.8 Å². The first-order valence-electron chi connectivity index (χ1n) is 18.4. The molecule has 0 aliphatic carbocycles. The van der Waals surface area contributed by atoms with Crippen molar-refractivity contribution in [3.63, 3.8) is 0 Å². The van der Waals surface area contributed by atoms with E-state index in [4.69, 9.17) is 33.2 Å². The summed E-state index contributed by atoms with van der Waals surface area (Å²) in [7, 11) is 0. The summed E-state index contributed by atoms with van der Waals surface area (Å²) < 4.78 is 39.4. The van der Waals surface area contributed by atoms with E-state index in [1.807, 2.05) is 68.4 Å². The predicted molar refractivity (Wildman–Crippen MR) is 202 cm³/mol. The highest BCUT2D eigenvalue weighted by molar-refractivity contribution is 5.85. The minimum Gasteiger partial charge on any atom is -0.463 e. The fourth-order valence-corrected chi connectivity index (χ4v) is 5.97. The van der Waals surface area contributed by atoms with Crippen LogP contribution in [0.5, 0.6) is 5.88 Å². The number of hydrogen-bond donors (Lipinski definition) is 2. The van der Waals surface area contributed by atoms with E-state index in [2.05, 4.69) is 15.5 Å². The van der Waals surface area contributed by atoms with Gasteiger partial charge in [0, 0.05) is 51.8 Å². The number of carbonyl (C=O) groups excluding carboxylic acids is 6. The van der Waals surface area contributed by atoms with Crippen molar-refractivity contribution in [2.45, 2.75) is 111 Å². The highest BCUT2D eigenvalue weighted by Crippen LogP contribution is 2.34. The van der Waals surface area contributed by atoms with Crippen molar-refractivity contribution in [2.24, 2.45) is 0 Å². The van der Waals surface area contributed by atoms with Gasteiger partial charge in [0.05, 0.1) is 0 Å². The van der Waals surface area contributed by atoms with Gasteiger partial charge < -0.3 is 38.5 Å². The molecule has 1 saturated heterocycles. The molecule has 4 rings (SSSR count). The molecular weight excluding hydrogens is 742 g/mol. The number of benzene rings is 2. The summed E-state index contributed by atoms with van der Waals surface area (Å²) in [6.45, 7) is 9.81. The Hall–Kier alpha value is -6.03. The summed E-state index contributed by atoms with van der Waals surface area (Å²) in [5.41, 5.74) is 3.97. The van der Waals surface area contributed by atoms with Crippen molar-refractivity contribution in [2.75, 3.05) is 6.61 Å². The largest absolute Gasteiger partial charge is 0.463 e. The van der Waals surface area contributed by atoms with Gasteiger partial charge in [0.25, 0.3) is 0 Å². The Morgan fingerprint density at radius 3 is 2.04 bits per heavy atom. The van der Waals surface area contributed by atoms with Gasteiger partial charge in [-0.25, -0.2) is 4.79 Å². The van der Waals surface area contributed by atoms with E-state index in [0.29, 0.717) is 12.0 Å². The average Bonchev–Trinajstić information content (AvgIpc) is 3.54. The topological polar surface area (TPSA) is 208 Å². The lowest BCUT2D eigenvalue weighted by atomic mass is 9.97. The molecule has 0 bridgehead atoms. The molecule has 2 aromatic carbocycles. The first-order chi connectivity index (χ1) is 27.1. The number of hydrogen-bond acceptors (Lipinski definition) is 14. The zero-order chi connectivity index (χ0) is 41.6. The van der Waals surface area contributed by atoms with Crippen LogP contribution in [0.3, 0.4) is 0 Å². The van der Waals surface area contributed by atoms with Crippen LogP contribution in [0.2, 0.25) is 0 Å².